The fraction of sp³-hybridized carbons (Fsp3) is 0.480. The number of aromatic carboxylic acids is 1. The number of ether oxygens (including phenoxy) is 3. The first-order valence-corrected chi connectivity index (χ1v) is 19.6. The molecular formula is C25H38N4O5Si2. The second-order valence-electron chi connectivity index (χ2n) is 11.2. The van der Waals surface area contributed by atoms with Gasteiger partial charge in [-0.2, -0.15) is 14.6 Å². The van der Waals surface area contributed by atoms with Crippen LogP contribution in [0.1, 0.15) is 10.4 Å². The van der Waals surface area contributed by atoms with Gasteiger partial charge in [-0.3, -0.25) is 0 Å². The van der Waals surface area contributed by atoms with E-state index in [1.807, 2.05) is 4.90 Å². The van der Waals surface area contributed by atoms with Gasteiger partial charge < -0.3 is 24.2 Å². The Bertz CT molecular complexity index is 1120. The Hall–Kier alpha value is -2.74. The van der Waals surface area contributed by atoms with Crippen LogP contribution in [0.4, 0.5) is 5.82 Å². The molecule has 0 aliphatic heterocycles. The Morgan fingerprint density at radius 1 is 0.944 bits per heavy atom. The van der Waals surface area contributed by atoms with Crippen molar-refractivity contribution in [2.24, 2.45) is 0 Å². The van der Waals surface area contributed by atoms with E-state index in [1.54, 1.807) is 35.0 Å². The second-order valence-corrected chi connectivity index (χ2v) is 22.5. The second kappa shape index (κ2) is 12.0. The average Bonchev–Trinajstić information content (AvgIpc) is 3.25. The standard InChI is InChI=1S/C25H38N4O5Si2/c1-35(2,3)15-13-32-18-28(19-33-14-16-36(4,5)6)24-17-23(27-22-11-12-26-29(22)24)34-21-9-7-20(8-10-21)25(30)31/h7-12,17H,13-16,18-19H2,1-6H3,(H,30,31). The third-order valence-corrected chi connectivity index (χ3v) is 8.86. The van der Waals surface area contributed by atoms with Crippen LogP contribution in [0.2, 0.25) is 51.4 Å². The first-order chi connectivity index (χ1) is 16.9. The summed E-state index contributed by atoms with van der Waals surface area (Å²) in [7, 11) is -2.42. The molecule has 0 aliphatic carbocycles. The number of nitrogens with zero attached hydrogens (tertiary/aromatic N) is 4. The maximum atomic E-state index is 11.1. The van der Waals surface area contributed by atoms with Crippen LogP contribution in [-0.4, -0.2) is 68.5 Å². The zero-order chi connectivity index (χ0) is 26.3. The van der Waals surface area contributed by atoms with Crippen molar-refractivity contribution in [3.63, 3.8) is 0 Å². The molecule has 11 heteroatoms. The molecule has 3 rings (SSSR count). The smallest absolute Gasteiger partial charge is 0.335 e. The van der Waals surface area contributed by atoms with E-state index < -0.39 is 22.1 Å². The molecule has 0 spiro atoms. The van der Waals surface area contributed by atoms with Crippen LogP contribution in [0.3, 0.4) is 0 Å². The molecule has 1 N–H and O–H groups in total. The van der Waals surface area contributed by atoms with Crippen molar-refractivity contribution in [3.05, 3.63) is 48.2 Å². The van der Waals surface area contributed by atoms with Crippen LogP contribution >= 0.6 is 0 Å². The molecule has 0 fully saturated rings. The maximum absolute atomic E-state index is 11.1. The van der Waals surface area contributed by atoms with E-state index in [-0.39, 0.29) is 5.56 Å². The van der Waals surface area contributed by atoms with Crippen LogP contribution in [0.25, 0.3) is 5.65 Å². The molecule has 0 atom stereocenters. The summed E-state index contributed by atoms with van der Waals surface area (Å²) in [6.07, 6.45) is 1.69. The predicted octanol–water partition coefficient (Wildman–Crippen LogP) is 5.65. The number of hydrogen-bond acceptors (Lipinski definition) is 7. The largest absolute Gasteiger partial charge is 0.478 e. The summed E-state index contributed by atoms with van der Waals surface area (Å²) in [4.78, 5) is 17.7. The number of aromatic nitrogens is 3. The number of carboxylic acid groups (broad SMARTS) is 1. The molecule has 9 nitrogen and oxygen atoms in total. The number of anilines is 1. The zero-order valence-electron chi connectivity index (χ0n) is 22.2. The molecule has 0 aliphatic rings. The Morgan fingerprint density at radius 2 is 1.53 bits per heavy atom. The molecule has 1 aromatic carbocycles. The first kappa shape index (κ1) is 27.8. The summed E-state index contributed by atoms with van der Waals surface area (Å²) in [5, 5.41) is 13.6. The third-order valence-electron chi connectivity index (χ3n) is 5.45. The highest BCUT2D eigenvalue weighted by Crippen LogP contribution is 2.26. The molecule has 196 valence electrons. The summed E-state index contributed by atoms with van der Waals surface area (Å²) in [5.41, 5.74) is 0.818. The van der Waals surface area contributed by atoms with Gasteiger partial charge in [0.15, 0.2) is 5.65 Å². The highest BCUT2D eigenvalue weighted by atomic mass is 28.3. The van der Waals surface area contributed by atoms with Crippen molar-refractivity contribution in [1.82, 2.24) is 14.6 Å². The number of carboxylic acids is 1. The minimum Gasteiger partial charge on any atom is -0.478 e. The van der Waals surface area contributed by atoms with E-state index in [0.717, 1.165) is 17.9 Å². The van der Waals surface area contributed by atoms with E-state index in [2.05, 4.69) is 49.4 Å². The Kier molecular flexibility index (Phi) is 9.28. The fourth-order valence-corrected chi connectivity index (χ4v) is 4.73. The van der Waals surface area contributed by atoms with E-state index >= 15 is 0 Å². The van der Waals surface area contributed by atoms with Gasteiger partial charge in [0.25, 0.3) is 0 Å². The van der Waals surface area contributed by atoms with Crippen molar-refractivity contribution in [3.8, 4) is 11.6 Å². The summed E-state index contributed by atoms with van der Waals surface area (Å²) < 4.78 is 19.9. The van der Waals surface area contributed by atoms with Gasteiger partial charge in [0.2, 0.25) is 5.88 Å². The van der Waals surface area contributed by atoms with E-state index in [9.17, 15) is 4.79 Å². The highest BCUT2D eigenvalue weighted by Gasteiger charge is 2.18. The molecule has 0 saturated carbocycles. The van der Waals surface area contributed by atoms with Crippen LogP contribution in [-0.2, 0) is 9.47 Å². The number of fused-ring (bicyclic) bond motifs is 1. The lowest BCUT2D eigenvalue weighted by atomic mass is 10.2. The van der Waals surface area contributed by atoms with Gasteiger partial charge >= 0.3 is 5.97 Å². The highest BCUT2D eigenvalue weighted by molar-refractivity contribution is 6.76. The van der Waals surface area contributed by atoms with Gasteiger partial charge in [-0.1, -0.05) is 39.3 Å². The summed E-state index contributed by atoms with van der Waals surface area (Å²) in [6.45, 7) is 16.1. The van der Waals surface area contributed by atoms with Gasteiger partial charge in [-0.05, 0) is 36.4 Å². The number of benzene rings is 1. The Morgan fingerprint density at radius 3 is 2.06 bits per heavy atom. The SMILES string of the molecule is C[Si](C)(C)CCOCN(COCC[Si](C)(C)C)c1cc(Oc2ccc(C(=O)O)cc2)nc2ccnn12. The predicted molar refractivity (Wildman–Crippen MR) is 147 cm³/mol. The summed E-state index contributed by atoms with van der Waals surface area (Å²) >= 11 is 0. The molecule has 36 heavy (non-hydrogen) atoms. The van der Waals surface area contributed by atoms with Crippen LogP contribution in [0.15, 0.2) is 42.6 Å². The Balaban J connectivity index is 1.82. The minimum atomic E-state index is -1.21. The lowest BCUT2D eigenvalue weighted by Crippen LogP contribution is -2.33. The maximum Gasteiger partial charge on any atom is 0.335 e. The molecule has 2 heterocycles. The van der Waals surface area contributed by atoms with Gasteiger partial charge in [0.05, 0.1) is 11.8 Å². The van der Waals surface area contributed by atoms with Crippen molar-refractivity contribution in [1.29, 1.82) is 0 Å². The average molecular weight is 531 g/mol. The Labute approximate surface area is 215 Å². The molecule has 0 radical (unpaired) electrons. The molecule has 0 bridgehead atoms. The molecule has 2 aromatic heterocycles. The molecule has 0 amide bonds. The molecule has 0 saturated heterocycles. The van der Waals surface area contributed by atoms with Crippen LogP contribution in [0, 0.1) is 0 Å². The summed E-state index contributed by atoms with van der Waals surface area (Å²) in [5.74, 6) is 0.617. The fourth-order valence-electron chi connectivity index (χ4n) is 3.21. The topological polar surface area (TPSA) is 98.4 Å². The first-order valence-electron chi connectivity index (χ1n) is 12.2. The third kappa shape index (κ3) is 8.73. The van der Waals surface area contributed by atoms with E-state index in [1.165, 1.54) is 12.1 Å². The van der Waals surface area contributed by atoms with Gasteiger partial charge in [-0.15, -0.1) is 0 Å². The molecular weight excluding hydrogens is 492 g/mol. The molecule has 3 aromatic rings. The normalized spacial score (nSPS) is 12.2. The van der Waals surface area contributed by atoms with Crippen molar-refractivity contribution < 1.29 is 24.1 Å². The monoisotopic (exact) mass is 530 g/mol. The summed E-state index contributed by atoms with van der Waals surface area (Å²) in [6, 6.07) is 12.0. The number of hydrogen-bond donors (Lipinski definition) is 1. The zero-order valence-corrected chi connectivity index (χ0v) is 24.2. The van der Waals surface area contributed by atoms with E-state index in [4.69, 9.17) is 19.3 Å². The minimum absolute atomic E-state index is 0.194. The lowest BCUT2D eigenvalue weighted by Gasteiger charge is -2.26. The lowest BCUT2D eigenvalue weighted by molar-refractivity contribution is 0.0697. The van der Waals surface area contributed by atoms with Gasteiger partial charge in [0, 0.05) is 41.5 Å². The quantitative estimate of drug-likeness (QED) is 0.162. The van der Waals surface area contributed by atoms with Crippen molar-refractivity contribution >= 4 is 33.6 Å². The van der Waals surface area contributed by atoms with Crippen molar-refractivity contribution in [2.45, 2.75) is 51.4 Å². The number of carbonyl (C=O) groups is 1. The van der Waals surface area contributed by atoms with Crippen LogP contribution < -0.4 is 9.64 Å². The number of rotatable bonds is 14. The van der Waals surface area contributed by atoms with Gasteiger partial charge in [0.1, 0.15) is 25.0 Å². The van der Waals surface area contributed by atoms with Crippen molar-refractivity contribution in [2.75, 3.05) is 31.6 Å². The van der Waals surface area contributed by atoms with E-state index in [0.29, 0.717) is 44.0 Å². The van der Waals surface area contributed by atoms with Gasteiger partial charge in [-0.25, -0.2) is 4.79 Å². The van der Waals surface area contributed by atoms with Crippen LogP contribution in [0.5, 0.6) is 11.6 Å². The molecule has 0 unspecified atom stereocenters.